The first-order valence-electron chi connectivity index (χ1n) is 5.29. The van der Waals surface area contributed by atoms with Crippen molar-refractivity contribution < 1.29 is 4.42 Å². The van der Waals surface area contributed by atoms with E-state index in [0.717, 1.165) is 23.6 Å². The summed E-state index contributed by atoms with van der Waals surface area (Å²) in [6, 6.07) is 3.70. The number of furan rings is 1. The monoisotopic (exact) mass is 220 g/mol. The van der Waals surface area contributed by atoms with Crippen molar-refractivity contribution in [3.8, 4) is 0 Å². The number of nitrogens with zero attached hydrogens (tertiary/aromatic N) is 2. The van der Waals surface area contributed by atoms with Gasteiger partial charge in [0.15, 0.2) is 0 Å². The molecule has 0 amide bonds. The molecule has 2 heterocycles. The van der Waals surface area contributed by atoms with Gasteiger partial charge >= 0.3 is 0 Å². The molecule has 0 saturated heterocycles. The Bertz CT molecular complexity index is 460. The standard InChI is InChI=1S/C11H16N4O/c1-3-15-7-9(6-13-15)11(14-12)10-5-4-8(2)16-10/h4-7,11,14H,3,12H2,1-2H3. The SMILES string of the molecule is CCn1cc(C(NN)c2ccc(C)o2)cn1. The van der Waals surface area contributed by atoms with Gasteiger partial charge in [0.1, 0.15) is 17.6 Å². The minimum Gasteiger partial charge on any atom is -0.464 e. The van der Waals surface area contributed by atoms with E-state index in [9.17, 15) is 0 Å². The molecule has 3 N–H and O–H groups in total. The van der Waals surface area contributed by atoms with Crippen LogP contribution >= 0.6 is 0 Å². The number of aromatic nitrogens is 2. The van der Waals surface area contributed by atoms with Crippen molar-refractivity contribution in [1.29, 1.82) is 0 Å². The highest BCUT2D eigenvalue weighted by molar-refractivity contribution is 5.22. The Morgan fingerprint density at radius 3 is 2.88 bits per heavy atom. The first-order valence-corrected chi connectivity index (χ1v) is 5.29. The molecule has 16 heavy (non-hydrogen) atoms. The Labute approximate surface area is 94.2 Å². The van der Waals surface area contributed by atoms with Crippen LogP contribution in [0.4, 0.5) is 0 Å². The van der Waals surface area contributed by atoms with Crippen LogP contribution in [0, 0.1) is 6.92 Å². The van der Waals surface area contributed by atoms with E-state index < -0.39 is 0 Å². The van der Waals surface area contributed by atoms with Crippen molar-refractivity contribution in [2.24, 2.45) is 5.84 Å². The largest absolute Gasteiger partial charge is 0.464 e. The average Bonchev–Trinajstić information content (AvgIpc) is 2.89. The highest BCUT2D eigenvalue weighted by atomic mass is 16.3. The van der Waals surface area contributed by atoms with E-state index in [-0.39, 0.29) is 6.04 Å². The van der Waals surface area contributed by atoms with Crippen molar-refractivity contribution in [3.05, 3.63) is 41.6 Å². The number of aryl methyl sites for hydroxylation is 2. The van der Waals surface area contributed by atoms with Gasteiger partial charge in [-0.25, -0.2) is 5.43 Å². The van der Waals surface area contributed by atoms with E-state index in [1.54, 1.807) is 6.20 Å². The predicted octanol–water partition coefficient (Wildman–Crippen LogP) is 1.36. The molecule has 1 unspecified atom stereocenters. The summed E-state index contributed by atoms with van der Waals surface area (Å²) in [5.41, 5.74) is 3.74. The number of rotatable bonds is 4. The van der Waals surface area contributed by atoms with Crippen LogP contribution < -0.4 is 11.3 Å². The zero-order valence-electron chi connectivity index (χ0n) is 9.47. The highest BCUT2D eigenvalue weighted by Gasteiger charge is 2.17. The lowest BCUT2D eigenvalue weighted by atomic mass is 10.1. The molecule has 0 aliphatic rings. The molecular weight excluding hydrogens is 204 g/mol. The van der Waals surface area contributed by atoms with Crippen molar-refractivity contribution in [3.63, 3.8) is 0 Å². The molecule has 0 bridgehead atoms. The Morgan fingerprint density at radius 1 is 1.56 bits per heavy atom. The third-order valence-corrected chi connectivity index (χ3v) is 2.52. The number of nitrogens with two attached hydrogens (primary N) is 1. The van der Waals surface area contributed by atoms with E-state index in [2.05, 4.69) is 10.5 Å². The lowest BCUT2D eigenvalue weighted by Gasteiger charge is -2.10. The average molecular weight is 220 g/mol. The summed E-state index contributed by atoms with van der Waals surface area (Å²) in [5.74, 6) is 7.22. The van der Waals surface area contributed by atoms with Crippen LogP contribution in [0.3, 0.4) is 0 Å². The summed E-state index contributed by atoms with van der Waals surface area (Å²) >= 11 is 0. The number of nitrogens with one attached hydrogen (secondary N) is 1. The van der Waals surface area contributed by atoms with Gasteiger partial charge < -0.3 is 4.42 Å². The molecule has 86 valence electrons. The predicted molar refractivity (Wildman–Crippen MR) is 60.5 cm³/mol. The molecule has 0 fully saturated rings. The summed E-state index contributed by atoms with van der Waals surface area (Å²) < 4.78 is 7.41. The first kappa shape index (κ1) is 10.9. The summed E-state index contributed by atoms with van der Waals surface area (Å²) in [7, 11) is 0. The van der Waals surface area contributed by atoms with Gasteiger partial charge in [-0.3, -0.25) is 10.5 Å². The van der Waals surface area contributed by atoms with Gasteiger partial charge in [0, 0.05) is 18.3 Å². The topological polar surface area (TPSA) is 69.0 Å². The minimum atomic E-state index is -0.144. The Kier molecular flexibility index (Phi) is 3.07. The molecule has 0 saturated carbocycles. The van der Waals surface area contributed by atoms with Gasteiger partial charge in [-0.1, -0.05) is 0 Å². The van der Waals surface area contributed by atoms with Gasteiger partial charge in [-0.15, -0.1) is 0 Å². The second kappa shape index (κ2) is 4.51. The van der Waals surface area contributed by atoms with Crippen LogP contribution in [-0.4, -0.2) is 9.78 Å². The molecule has 5 heteroatoms. The van der Waals surface area contributed by atoms with Crippen LogP contribution in [0.25, 0.3) is 0 Å². The molecule has 5 nitrogen and oxygen atoms in total. The third-order valence-electron chi connectivity index (χ3n) is 2.52. The van der Waals surface area contributed by atoms with Crippen molar-refractivity contribution in [1.82, 2.24) is 15.2 Å². The molecule has 2 aromatic rings. The Morgan fingerprint density at radius 2 is 2.38 bits per heavy atom. The zero-order chi connectivity index (χ0) is 11.5. The second-order valence-electron chi connectivity index (χ2n) is 3.68. The highest BCUT2D eigenvalue weighted by Crippen LogP contribution is 2.22. The number of hydrazine groups is 1. The van der Waals surface area contributed by atoms with E-state index in [4.69, 9.17) is 10.3 Å². The quantitative estimate of drug-likeness (QED) is 0.603. The zero-order valence-corrected chi connectivity index (χ0v) is 9.47. The first-order chi connectivity index (χ1) is 7.74. The molecule has 0 aliphatic carbocycles. The maximum Gasteiger partial charge on any atom is 0.127 e. The molecule has 1 atom stereocenters. The van der Waals surface area contributed by atoms with Crippen molar-refractivity contribution >= 4 is 0 Å². The van der Waals surface area contributed by atoms with Crippen LogP contribution in [0.1, 0.15) is 30.0 Å². The van der Waals surface area contributed by atoms with Crippen molar-refractivity contribution in [2.75, 3.05) is 0 Å². The van der Waals surface area contributed by atoms with Gasteiger partial charge in [0.05, 0.1) is 6.20 Å². The lowest BCUT2D eigenvalue weighted by Crippen LogP contribution is -2.28. The number of hydrogen-bond acceptors (Lipinski definition) is 4. The fourth-order valence-corrected chi connectivity index (χ4v) is 1.65. The van der Waals surface area contributed by atoms with E-state index in [0.29, 0.717) is 0 Å². The summed E-state index contributed by atoms with van der Waals surface area (Å²) in [6.45, 7) is 4.79. The molecule has 2 rings (SSSR count). The normalized spacial score (nSPS) is 12.9. The molecule has 0 radical (unpaired) electrons. The third kappa shape index (κ3) is 2.00. The number of hydrogen-bond donors (Lipinski definition) is 2. The van der Waals surface area contributed by atoms with E-state index in [1.807, 2.05) is 36.9 Å². The molecule has 0 spiro atoms. The molecular formula is C11H16N4O. The smallest absolute Gasteiger partial charge is 0.127 e. The second-order valence-corrected chi connectivity index (χ2v) is 3.68. The minimum absolute atomic E-state index is 0.144. The lowest BCUT2D eigenvalue weighted by molar-refractivity contribution is 0.434. The van der Waals surface area contributed by atoms with Crippen LogP contribution in [0.5, 0.6) is 0 Å². The fourth-order valence-electron chi connectivity index (χ4n) is 1.65. The maximum absolute atomic E-state index is 5.55. The van der Waals surface area contributed by atoms with Crippen LogP contribution in [0.15, 0.2) is 28.9 Å². The molecule has 0 aromatic carbocycles. The Balaban J connectivity index is 2.28. The van der Waals surface area contributed by atoms with E-state index >= 15 is 0 Å². The van der Waals surface area contributed by atoms with Gasteiger partial charge in [0.2, 0.25) is 0 Å². The van der Waals surface area contributed by atoms with Crippen LogP contribution in [-0.2, 0) is 6.54 Å². The van der Waals surface area contributed by atoms with Crippen molar-refractivity contribution in [2.45, 2.75) is 26.4 Å². The van der Waals surface area contributed by atoms with Crippen LogP contribution in [0.2, 0.25) is 0 Å². The fraction of sp³-hybridized carbons (Fsp3) is 0.364. The summed E-state index contributed by atoms with van der Waals surface area (Å²) in [5, 5.41) is 4.22. The summed E-state index contributed by atoms with van der Waals surface area (Å²) in [6.07, 6.45) is 3.76. The van der Waals surface area contributed by atoms with Gasteiger partial charge in [-0.05, 0) is 26.0 Å². The van der Waals surface area contributed by atoms with Gasteiger partial charge in [0.25, 0.3) is 0 Å². The molecule has 0 aliphatic heterocycles. The molecule has 2 aromatic heterocycles. The Hall–Kier alpha value is -1.59. The maximum atomic E-state index is 5.55. The van der Waals surface area contributed by atoms with E-state index in [1.165, 1.54) is 0 Å². The van der Waals surface area contributed by atoms with Gasteiger partial charge in [-0.2, -0.15) is 5.10 Å². The summed E-state index contributed by atoms with van der Waals surface area (Å²) in [4.78, 5) is 0.